The van der Waals surface area contributed by atoms with Gasteiger partial charge in [0.2, 0.25) is 0 Å². The molecule has 1 aliphatic carbocycles. The molecular weight excluding hydrogens is 448 g/mol. The van der Waals surface area contributed by atoms with Crippen LogP contribution < -0.4 is 0 Å². The van der Waals surface area contributed by atoms with Crippen molar-refractivity contribution in [2.75, 3.05) is 0 Å². The normalized spacial score (nSPS) is 11.5. The topological polar surface area (TPSA) is 0 Å². The third kappa shape index (κ3) is 2.33. The largest absolute Gasteiger partial charge is 0.0616 e. The van der Waals surface area contributed by atoms with Crippen LogP contribution in [-0.4, -0.2) is 0 Å². The van der Waals surface area contributed by atoms with Crippen molar-refractivity contribution in [3.05, 3.63) is 136 Å². The molecule has 1 aliphatic rings. The van der Waals surface area contributed by atoms with Crippen LogP contribution in [0.2, 0.25) is 0 Å². The fraction of sp³-hybridized carbons (Fsp3) is 0. The Kier molecular flexibility index (Phi) is 3.84. The fourth-order valence-electron chi connectivity index (χ4n) is 3.88. The summed E-state index contributed by atoms with van der Waals surface area (Å²) in [6.07, 6.45) is 0. The van der Waals surface area contributed by atoms with Gasteiger partial charge in [-0.25, -0.2) is 0 Å². The van der Waals surface area contributed by atoms with Crippen molar-refractivity contribution in [3.63, 3.8) is 0 Å². The molecule has 0 fully saturated rings. The molecule has 0 unspecified atom stereocenters. The van der Waals surface area contributed by atoms with Crippen LogP contribution in [0.25, 0.3) is 0 Å². The number of rotatable bonds is 0. The van der Waals surface area contributed by atoms with E-state index < -0.39 is 0 Å². The fourth-order valence-corrected chi connectivity index (χ4v) is 4.77. The van der Waals surface area contributed by atoms with Gasteiger partial charge in [0.15, 0.2) is 0 Å². The van der Waals surface area contributed by atoms with Gasteiger partial charge in [-0.3, -0.25) is 0 Å². The third-order valence-corrected chi connectivity index (χ3v) is 7.03. The maximum absolute atomic E-state index is 3.84. The molecule has 5 rings (SSSR count). The van der Waals surface area contributed by atoms with Crippen molar-refractivity contribution in [1.29, 1.82) is 0 Å². The summed E-state index contributed by atoms with van der Waals surface area (Å²) in [6, 6.07) is 30.4. The Morgan fingerprint density at radius 2 is 0.769 bits per heavy atom. The molecule has 4 aromatic rings. The summed E-state index contributed by atoms with van der Waals surface area (Å²) in [4.78, 5) is 0. The first-order chi connectivity index (χ1) is 12.8. The molecule has 0 saturated heterocycles. The van der Waals surface area contributed by atoms with Crippen LogP contribution in [0.5, 0.6) is 0 Å². The van der Waals surface area contributed by atoms with Gasteiger partial charge >= 0.3 is 0 Å². The van der Waals surface area contributed by atoms with E-state index in [0.717, 1.165) is 8.95 Å². The van der Waals surface area contributed by atoms with Crippen LogP contribution in [0.1, 0.15) is 0 Å². The van der Waals surface area contributed by atoms with E-state index in [1.165, 1.54) is 41.7 Å². The number of hydrogen-bond donors (Lipinski definition) is 0. The zero-order chi connectivity index (χ0) is 17.7. The summed E-state index contributed by atoms with van der Waals surface area (Å²) in [6.45, 7) is 0. The van der Waals surface area contributed by atoms with E-state index in [9.17, 15) is 0 Å². The molecule has 0 radical (unpaired) electrons. The molecule has 26 heavy (non-hydrogen) atoms. The van der Waals surface area contributed by atoms with Crippen LogP contribution in [0.3, 0.4) is 0 Å². The summed E-state index contributed by atoms with van der Waals surface area (Å²) < 4.78 is 2.16. The van der Waals surface area contributed by atoms with Gasteiger partial charge in [0.1, 0.15) is 0 Å². The standard InChI is InChI=1S/C24H14Br2/c25-22-14-13-21-19-11-4-3-9-17(19)15-7-1-2-8-16(15)18-10-5-6-12-20(18)23(21)24(22)26/h1-14H. The predicted molar refractivity (Wildman–Crippen MR) is 112 cm³/mol. The summed E-state index contributed by atoms with van der Waals surface area (Å²) in [5.41, 5.74) is 0. The molecule has 0 amide bonds. The molecule has 0 bridgehead atoms. The lowest BCUT2D eigenvalue weighted by atomic mass is 10.0. The lowest BCUT2D eigenvalue weighted by Gasteiger charge is -2.05. The smallest absolute Gasteiger partial charge is 0.0402 e. The third-order valence-electron chi connectivity index (χ3n) is 5.02. The monoisotopic (exact) mass is 460 g/mol. The van der Waals surface area contributed by atoms with E-state index in [2.05, 4.69) is 117 Å². The SMILES string of the molecule is Brc1ccc2c(c1Br)=c1ccccc1=c1ccccc1=c1ccccc1=2. The highest BCUT2D eigenvalue weighted by Gasteiger charge is 2.05. The molecule has 0 aromatic heterocycles. The lowest BCUT2D eigenvalue weighted by Crippen LogP contribution is -1.90. The highest BCUT2D eigenvalue weighted by Crippen LogP contribution is 2.26. The van der Waals surface area contributed by atoms with Gasteiger partial charge in [-0.05, 0) is 74.5 Å². The number of benzene rings is 4. The van der Waals surface area contributed by atoms with Gasteiger partial charge in [0, 0.05) is 14.2 Å². The second kappa shape index (κ2) is 6.22. The van der Waals surface area contributed by atoms with Gasteiger partial charge in [0.25, 0.3) is 0 Å². The molecule has 0 N–H and O–H groups in total. The maximum Gasteiger partial charge on any atom is 0.0402 e. The Hall–Kier alpha value is -2.16. The van der Waals surface area contributed by atoms with E-state index in [1.54, 1.807) is 0 Å². The zero-order valence-electron chi connectivity index (χ0n) is 13.8. The van der Waals surface area contributed by atoms with Gasteiger partial charge < -0.3 is 0 Å². The highest BCUT2D eigenvalue weighted by molar-refractivity contribution is 9.13. The molecular formula is C24H14Br2. The van der Waals surface area contributed by atoms with Gasteiger partial charge in [-0.15, -0.1) is 0 Å². The average Bonchev–Trinajstić information content (AvgIpc) is 2.69. The van der Waals surface area contributed by atoms with Gasteiger partial charge in [0.05, 0.1) is 0 Å². The molecule has 124 valence electrons. The Labute approximate surface area is 167 Å². The first kappa shape index (κ1) is 16.0. The van der Waals surface area contributed by atoms with Crippen LogP contribution in [0.4, 0.5) is 0 Å². The molecule has 0 aliphatic heterocycles. The summed E-state index contributed by atoms with van der Waals surface area (Å²) in [7, 11) is 0. The van der Waals surface area contributed by atoms with Gasteiger partial charge in [-0.2, -0.15) is 0 Å². The molecule has 0 saturated carbocycles. The summed E-state index contributed by atoms with van der Waals surface area (Å²) >= 11 is 7.54. The van der Waals surface area contributed by atoms with E-state index in [4.69, 9.17) is 0 Å². The van der Waals surface area contributed by atoms with E-state index in [1.807, 2.05) is 0 Å². The molecule has 4 aromatic carbocycles. The first-order valence-corrected chi connectivity index (χ1v) is 10.1. The van der Waals surface area contributed by atoms with Crippen molar-refractivity contribution < 1.29 is 0 Å². The van der Waals surface area contributed by atoms with Crippen molar-refractivity contribution in [2.45, 2.75) is 0 Å². The van der Waals surface area contributed by atoms with Crippen LogP contribution in [0, 0.1) is 41.7 Å². The van der Waals surface area contributed by atoms with Crippen LogP contribution in [-0.2, 0) is 0 Å². The predicted octanol–water partition coefficient (Wildman–Crippen LogP) is 6.67. The average molecular weight is 462 g/mol. The Morgan fingerprint density at radius 1 is 0.385 bits per heavy atom. The minimum Gasteiger partial charge on any atom is -0.0616 e. The van der Waals surface area contributed by atoms with E-state index in [0.29, 0.717) is 0 Å². The van der Waals surface area contributed by atoms with Crippen LogP contribution in [0.15, 0.2) is 93.9 Å². The van der Waals surface area contributed by atoms with E-state index in [-0.39, 0.29) is 0 Å². The quantitative estimate of drug-likeness (QED) is 0.241. The maximum atomic E-state index is 3.84. The Bertz CT molecular complexity index is 1550. The number of halogens is 2. The summed E-state index contributed by atoms with van der Waals surface area (Å²) in [5, 5.41) is 10.1. The minimum absolute atomic E-state index is 1.07. The Balaban J connectivity index is 2.48. The molecule has 0 spiro atoms. The highest BCUT2D eigenvalue weighted by atomic mass is 79.9. The minimum atomic E-state index is 1.07. The lowest BCUT2D eigenvalue weighted by molar-refractivity contribution is 1.27. The molecule has 2 heteroatoms. The van der Waals surface area contributed by atoms with Crippen LogP contribution >= 0.6 is 31.9 Å². The molecule has 0 nitrogen and oxygen atoms in total. The van der Waals surface area contributed by atoms with Crippen molar-refractivity contribution in [1.82, 2.24) is 0 Å². The van der Waals surface area contributed by atoms with Crippen molar-refractivity contribution in [3.8, 4) is 0 Å². The summed E-state index contributed by atoms with van der Waals surface area (Å²) in [5.74, 6) is 0. The number of fused-ring (bicyclic) bond motifs is 4. The molecule has 0 heterocycles. The van der Waals surface area contributed by atoms with Gasteiger partial charge in [-0.1, -0.05) is 78.9 Å². The first-order valence-electron chi connectivity index (χ1n) is 8.52. The van der Waals surface area contributed by atoms with E-state index >= 15 is 0 Å². The molecule has 0 atom stereocenters. The van der Waals surface area contributed by atoms with Crippen molar-refractivity contribution in [2.24, 2.45) is 0 Å². The van der Waals surface area contributed by atoms with Crippen molar-refractivity contribution >= 4 is 31.9 Å². The Morgan fingerprint density at radius 3 is 1.27 bits per heavy atom. The second-order valence-electron chi connectivity index (χ2n) is 6.42. The zero-order valence-corrected chi connectivity index (χ0v) is 17.0. The second-order valence-corrected chi connectivity index (χ2v) is 8.07. The number of hydrogen-bond acceptors (Lipinski definition) is 0.